The van der Waals surface area contributed by atoms with Crippen molar-refractivity contribution in [1.82, 2.24) is 4.90 Å². The smallest absolute Gasteiger partial charge is 0.123 e. The molecule has 0 bridgehead atoms. The maximum atomic E-state index is 13.0. The van der Waals surface area contributed by atoms with E-state index >= 15 is 0 Å². The van der Waals surface area contributed by atoms with E-state index in [1.165, 1.54) is 6.07 Å². The van der Waals surface area contributed by atoms with E-state index in [0.29, 0.717) is 5.92 Å². The molecule has 1 aromatic carbocycles. The molecule has 1 atom stereocenters. The second-order valence-electron chi connectivity index (χ2n) is 4.28. The first-order valence-electron chi connectivity index (χ1n) is 5.69. The first-order chi connectivity index (χ1) is 7.65. The molecule has 0 aromatic heterocycles. The summed E-state index contributed by atoms with van der Waals surface area (Å²) in [6, 6.07) is 6.79. The minimum absolute atomic E-state index is 0.160. The van der Waals surface area contributed by atoms with Gasteiger partial charge < -0.3 is 4.90 Å². The van der Waals surface area contributed by atoms with Gasteiger partial charge in [0.25, 0.3) is 0 Å². The highest BCUT2D eigenvalue weighted by atomic mass is 32.1. The number of rotatable bonds is 6. The zero-order valence-electron chi connectivity index (χ0n) is 9.99. The standard InChI is InChI=1S/C13H20FNS/c1-3-11(10-16)8-15(2)9-12-5-4-6-13(14)7-12/h4-7,11,16H,3,8-10H2,1-2H3. The van der Waals surface area contributed by atoms with Gasteiger partial charge in [0, 0.05) is 13.1 Å². The van der Waals surface area contributed by atoms with Crippen molar-refractivity contribution in [2.75, 3.05) is 19.3 Å². The number of halogens is 1. The monoisotopic (exact) mass is 241 g/mol. The molecule has 0 fully saturated rings. The van der Waals surface area contributed by atoms with E-state index in [0.717, 1.165) is 30.8 Å². The van der Waals surface area contributed by atoms with Gasteiger partial charge in [-0.05, 0) is 36.4 Å². The van der Waals surface area contributed by atoms with Gasteiger partial charge in [0.15, 0.2) is 0 Å². The Hall–Kier alpha value is -0.540. The highest BCUT2D eigenvalue weighted by molar-refractivity contribution is 7.80. The Morgan fingerprint density at radius 2 is 2.19 bits per heavy atom. The van der Waals surface area contributed by atoms with E-state index in [1.807, 2.05) is 6.07 Å². The fourth-order valence-corrected chi connectivity index (χ4v) is 2.14. The van der Waals surface area contributed by atoms with Crippen LogP contribution in [-0.4, -0.2) is 24.2 Å². The summed E-state index contributed by atoms with van der Waals surface area (Å²) in [5.41, 5.74) is 1.02. The van der Waals surface area contributed by atoms with Crippen LogP contribution in [-0.2, 0) is 6.54 Å². The van der Waals surface area contributed by atoms with Crippen LogP contribution in [0.3, 0.4) is 0 Å². The molecule has 1 rings (SSSR count). The van der Waals surface area contributed by atoms with E-state index in [2.05, 4.69) is 31.5 Å². The topological polar surface area (TPSA) is 3.24 Å². The lowest BCUT2D eigenvalue weighted by Crippen LogP contribution is -2.26. The molecular weight excluding hydrogens is 221 g/mol. The normalized spacial score (nSPS) is 13.1. The van der Waals surface area contributed by atoms with Crippen LogP contribution >= 0.6 is 12.6 Å². The van der Waals surface area contributed by atoms with E-state index in [-0.39, 0.29) is 5.82 Å². The van der Waals surface area contributed by atoms with E-state index in [1.54, 1.807) is 12.1 Å². The highest BCUT2D eigenvalue weighted by Crippen LogP contribution is 2.10. The van der Waals surface area contributed by atoms with Crippen LogP contribution in [0.2, 0.25) is 0 Å². The fraction of sp³-hybridized carbons (Fsp3) is 0.538. The summed E-state index contributed by atoms with van der Waals surface area (Å²) < 4.78 is 13.0. The average Bonchev–Trinajstić information content (AvgIpc) is 2.26. The predicted molar refractivity (Wildman–Crippen MR) is 70.4 cm³/mol. The van der Waals surface area contributed by atoms with Crippen LogP contribution in [0.1, 0.15) is 18.9 Å². The first kappa shape index (κ1) is 13.5. The van der Waals surface area contributed by atoms with Crippen LogP contribution in [0.15, 0.2) is 24.3 Å². The van der Waals surface area contributed by atoms with Crippen LogP contribution in [0, 0.1) is 11.7 Å². The Morgan fingerprint density at radius 3 is 2.75 bits per heavy atom. The highest BCUT2D eigenvalue weighted by Gasteiger charge is 2.08. The minimum Gasteiger partial charge on any atom is -0.302 e. The van der Waals surface area contributed by atoms with Crippen LogP contribution in [0.5, 0.6) is 0 Å². The van der Waals surface area contributed by atoms with Gasteiger partial charge >= 0.3 is 0 Å². The Bertz CT molecular complexity index is 313. The molecular formula is C13H20FNS. The number of hydrogen-bond donors (Lipinski definition) is 1. The number of thiol groups is 1. The van der Waals surface area contributed by atoms with E-state index < -0.39 is 0 Å². The maximum Gasteiger partial charge on any atom is 0.123 e. The molecule has 0 aliphatic heterocycles. The van der Waals surface area contributed by atoms with Gasteiger partial charge in [-0.1, -0.05) is 25.5 Å². The number of nitrogens with zero attached hydrogens (tertiary/aromatic N) is 1. The molecule has 0 aliphatic carbocycles. The lowest BCUT2D eigenvalue weighted by atomic mass is 10.1. The van der Waals surface area contributed by atoms with Crippen molar-refractivity contribution in [3.05, 3.63) is 35.6 Å². The second-order valence-corrected chi connectivity index (χ2v) is 4.65. The molecule has 1 nitrogen and oxygen atoms in total. The first-order valence-corrected chi connectivity index (χ1v) is 6.32. The third kappa shape index (κ3) is 4.54. The van der Waals surface area contributed by atoms with Crippen LogP contribution in [0.4, 0.5) is 4.39 Å². The Kier molecular flexibility index (Phi) is 5.85. The van der Waals surface area contributed by atoms with Crippen LogP contribution in [0.25, 0.3) is 0 Å². The van der Waals surface area contributed by atoms with Gasteiger partial charge in [-0.3, -0.25) is 0 Å². The molecule has 0 radical (unpaired) electrons. The summed E-state index contributed by atoms with van der Waals surface area (Å²) in [6.45, 7) is 3.98. The number of benzene rings is 1. The molecule has 0 spiro atoms. The molecule has 1 aromatic rings. The third-order valence-electron chi connectivity index (χ3n) is 2.75. The molecule has 0 heterocycles. The van der Waals surface area contributed by atoms with Crippen LogP contribution < -0.4 is 0 Å². The van der Waals surface area contributed by atoms with Gasteiger partial charge in [-0.2, -0.15) is 12.6 Å². The molecule has 1 unspecified atom stereocenters. The van der Waals surface area contributed by atoms with Gasteiger partial charge in [0.1, 0.15) is 5.82 Å². The van der Waals surface area contributed by atoms with E-state index in [4.69, 9.17) is 0 Å². The molecule has 16 heavy (non-hydrogen) atoms. The molecule has 0 N–H and O–H groups in total. The van der Waals surface area contributed by atoms with Gasteiger partial charge in [0.2, 0.25) is 0 Å². The maximum absolute atomic E-state index is 13.0. The van der Waals surface area contributed by atoms with E-state index in [9.17, 15) is 4.39 Å². The summed E-state index contributed by atoms with van der Waals surface area (Å²) in [7, 11) is 2.07. The van der Waals surface area contributed by atoms with Gasteiger partial charge in [0.05, 0.1) is 0 Å². The summed E-state index contributed by atoms with van der Waals surface area (Å²) >= 11 is 4.33. The molecule has 0 saturated carbocycles. The SMILES string of the molecule is CCC(CS)CN(C)Cc1cccc(F)c1. The lowest BCUT2D eigenvalue weighted by Gasteiger charge is -2.21. The minimum atomic E-state index is -0.160. The lowest BCUT2D eigenvalue weighted by molar-refractivity contribution is 0.277. The average molecular weight is 241 g/mol. The van der Waals surface area contributed by atoms with Gasteiger partial charge in [-0.15, -0.1) is 0 Å². The Morgan fingerprint density at radius 1 is 1.44 bits per heavy atom. The zero-order valence-corrected chi connectivity index (χ0v) is 10.9. The molecule has 0 amide bonds. The summed E-state index contributed by atoms with van der Waals surface area (Å²) in [5.74, 6) is 1.36. The molecule has 3 heteroatoms. The van der Waals surface area contributed by atoms with Crippen molar-refractivity contribution in [3.8, 4) is 0 Å². The Balaban J connectivity index is 2.47. The quantitative estimate of drug-likeness (QED) is 0.748. The van der Waals surface area contributed by atoms with Crippen molar-refractivity contribution in [2.45, 2.75) is 19.9 Å². The zero-order chi connectivity index (χ0) is 12.0. The van der Waals surface area contributed by atoms with Crippen molar-refractivity contribution < 1.29 is 4.39 Å². The summed E-state index contributed by atoms with van der Waals surface area (Å²) in [6.07, 6.45) is 1.14. The van der Waals surface area contributed by atoms with Crippen molar-refractivity contribution in [1.29, 1.82) is 0 Å². The Labute approximate surface area is 103 Å². The second kappa shape index (κ2) is 6.92. The summed E-state index contributed by atoms with van der Waals surface area (Å²) in [4.78, 5) is 2.22. The third-order valence-corrected chi connectivity index (χ3v) is 3.26. The molecule has 90 valence electrons. The molecule has 0 aliphatic rings. The van der Waals surface area contributed by atoms with Gasteiger partial charge in [-0.25, -0.2) is 4.39 Å². The van der Waals surface area contributed by atoms with Crippen molar-refractivity contribution >= 4 is 12.6 Å². The fourth-order valence-electron chi connectivity index (χ4n) is 1.77. The summed E-state index contributed by atoms with van der Waals surface area (Å²) in [5, 5.41) is 0. The number of hydrogen-bond acceptors (Lipinski definition) is 2. The van der Waals surface area contributed by atoms with Crippen molar-refractivity contribution in [3.63, 3.8) is 0 Å². The van der Waals surface area contributed by atoms with Crippen molar-refractivity contribution in [2.24, 2.45) is 5.92 Å². The predicted octanol–water partition coefficient (Wildman–Crippen LogP) is 3.21. The molecule has 0 saturated heterocycles. The largest absolute Gasteiger partial charge is 0.302 e.